The van der Waals surface area contributed by atoms with Crippen molar-refractivity contribution in [3.63, 3.8) is 0 Å². The van der Waals surface area contributed by atoms with Crippen LogP contribution in [0.15, 0.2) is 36.5 Å². The Bertz CT molecular complexity index is 691. The van der Waals surface area contributed by atoms with Crippen molar-refractivity contribution in [2.45, 2.75) is 25.5 Å². The van der Waals surface area contributed by atoms with Crippen LogP contribution in [-0.4, -0.2) is 33.1 Å². The minimum atomic E-state index is -0.585. The number of aliphatic hydroxyl groups excluding tert-OH is 1. The smallest absolute Gasteiger partial charge is 0.271 e. The summed E-state index contributed by atoms with van der Waals surface area (Å²) in [7, 11) is 1.82. The first-order valence-electron chi connectivity index (χ1n) is 7.34. The molecule has 0 saturated carbocycles. The second kappa shape index (κ2) is 5.57. The molecule has 1 N–H and O–H groups in total. The molecule has 0 unspecified atom stereocenters. The van der Waals surface area contributed by atoms with E-state index in [0.29, 0.717) is 12.1 Å². The number of benzene rings is 1. The van der Waals surface area contributed by atoms with Gasteiger partial charge in [-0.1, -0.05) is 12.1 Å². The summed E-state index contributed by atoms with van der Waals surface area (Å²) in [5.74, 6) is -0.461. The van der Waals surface area contributed by atoms with Crippen molar-refractivity contribution in [3.05, 3.63) is 59.2 Å². The van der Waals surface area contributed by atoms with Gasteiger partial charge in [-0.25, -0.2) is 4.39 Å². The molecule has 0 aliphatic carbocycles. The maximum Gasteiger partial charge on any atom is 0.271 e. The van der Waals surface area contributed by atoms with E-state index < -0.39 is 6.10 Å². The van der Waals surface area contributed by atoms with Gasteiger partial charge in [-0.15, -0.1) is 0 Å². The number of aryl methyl sites for hydroxylation is 2. The standard InChI is InChI=1S/C17H19FN2O2/c1-11-6-7-19(2)16(11)17(22)20-10-14(21)9-15(20)12-4-3-5-13(18)8-12/h3-8,14-15,21H,9-10H2,1-2H3/t14-,15+/m0/s1. The lowest BCUT2D eigenvalue weighted by Crippen LogP contribution is -2.33. The molecular weight excluding hydrogens is 283 g/mol. The number of likely N-dealkylation sites (tertiary alicyclic amines) is 1. The molecule has 4 nitrogen and oxygen atoms in total. The zero-order valence-corrected chi connectivity index (χ0v) is 12.7. The highest BCUT2D eigenvalue weighted by atomic mass is 19.1. The van der Waals surface area contributed by atoms with Crippen molar-refractivity contribution in [2.75, 3.05) is 6.54 Å². The first kappa shape index (κ1) is 14.8. The molecule has 0 spiro atoms. The number of amides is 1. The lowest BCUT2D eigenvalue weighted by molar-refractivity contribution is 0.0705. The van der Waals surface area contributed by atoms with E-state index in [1.54, 1.807) is 21.6 Å². The van der Waals surface area contributed by atoms with Crippen LogP contribution in [0.4, 0.5) is 4.39 Å². The molecule has 1 amide bonds. The fourth-order valence-electron chi connectivity index (χ4n) is 3.18. The number of β-amino-alcohol motifs (C(OH)–C–C–N with tert-alkyl or cyclic N) is 1. The Morgan fingerprint density at radius 3 is 2.77 bits per heavy atom. The number of carbonyl (C=O) groups is 1. The molecular formula is C17H19FN2O2. The number of halogens is 1. The Balaban J connectivity index is 1.96. The number of aromatic nitrogens is 1. The van der Waals surface area contributed by atoms with Crippen LogP contribution >= 0.6 is 0 Å². The molecule has 2 heterocycles. The third kappa shape index (κ3) is 2.52. The minimum absolute atomic E-state index is 0.129. The third-order valence-corrected chi connectivity index (χ3v) is 4.25. The van der Waals surface area contributed by atoms with Crippen LogP contribution in [0.2, 0.25) is 0 Å². The zero-order chi connectivity index (χ0) is 15.9. The lowest BCUT2D eigenvalue weighted by atomic mass is 10.0. The Labute approximate surface area is 128 Å². The maximum absolute atomic E-state index is 13.5. The fourth-order valence-corrected chi connectivity index (χ4v) is 3.18. The summed E-state index contributed by atoms with van der Waals surface area (Å²) in [4.78, 5) is 14.5. The van der Waals surface area contributed by atoms with Crippen molar-refractivity contribution in [3.8, 4) is 0 Å². The van der Waals surface area contributed by atoms with E-state index in [9.17, 15) is 14.3 Å². The van der Waals surface area contributed by atoms with Gasteiger partial charge >= 0.3 is 0 Å². The van der Waals surface area contributed by atoms with Crippen LogP contribution in [0, 0.1) is 12.7 Å². The monoisotopic (exact) mass is 302 g/mol. The first-order valence-corrected chi connectivity index (χ1v) is 7.34. The van der Waals surface area contributed by atoms with Gasteiger partial charge in [-0.05, 0) is 42.7 Å². The molecule has 116 valence electrons. The Kier molecular flexibility index (Phi) is 3.74. The van der Waals surface area contributed by atoms with E-state index in [4.69, 9.17) is 0 Å². The topological polar surface area (TPSA) is 45.5 Å². The molecule has 5 heteroatoms. The van der Waals surface area contributed by atoms with E-state index >= 15 is 0 Å². The summed E-state index contributed by atoms with van der Waals surface area (Å²) in [5, 5.41) is 9.99. The van der Waals surface area contributed by atoms with Crippen molar-refractivity contribution in [2.24, 2.45) is 7.05 Å². The van der Waals surface area contributed by atoms with E-state index in [1.165, 1.54) is 12.1 Å². The first-order chi connectivity index (χ1) is 10.5. The van der Waals surface area contributed by atoms with Gasteiger partial charge in [0, 0.05) is 19.8 Å². The highest BCUT2D eigenvalue weighted by molar-refractivity contribution is 5.94. The van der Waals surface area contributed by atoms with Gasteiger partial charge in [0.2, 0.25) is 0 Å². The third-order valence-electron chi connectivity index (χ3n) is 4.25. The average Bonchev–Trinajstić information content (AvgIpc) is 3.02. The summed E-state index contributed by atoms with van der Waals surface area (Å²) in [6.45, 7) is 2.15. The molecule has 1 aromatic carbocycles. The number of rotatable bonds is 2. The summed E-state index contributed by atoms with van der Waals surface area (Å²) in [5.41, 5.74) is 2.22. The Morgan fingerprint density at radius 1 is 1.36 bits per heavy atom. The molecule has 1 fully saturated rings. The van der Waals surface area contributed by atoms with Crippen LogP contribution < -0.4 is 0 Å². The molecule has 1 aliphatic rings. The van der Waals surface area contributed by atoms with Gasteiger partial charge in [0.05, 0.1) is 12.1 Å². The number of carbonyl (C=O) groups excluding carboxylic acids is 1. The van der Waals surface area contributed by atoms with Crippen molar-refractivity contribution in [1.82, 2.24) is 9.47 Å². The lowest BCUT2D eigenvalue weighted by Gasteiger charge is -2.25. The molecule has 0 radical (unpaired) electrons. The van der Waals surface area contributed by atoms with Gasteiger partial charge in [0.15, 0.2) is 0 Å². The van der Waals surface area contributed by atoms with Gasteiger partial charge < -0.3 is 14.6 Å². The van der Waals surface area contributed by atoms with Crippen molar-refractivity contribution in [1.29, 1.82) is 0 Å². The molecule has 3 rings (SSSR count). The predicted octanol–water partition coefficient (Wildman–Crippen LogP) is 2.42. The molecule has 1 aliphatic heterocycles. The highest BCUT2D eigenvalue weighted by Crippen LogP contribution is 2.34. The molecule has 2 aromatic rings. The number of nitrogens with zero attached hydrogens (tertiary/aromatic N) is 2. The molecule has 1 aromatic heterocycles. The fraction of sp³-hybridized carbons (Fsp3) is 0.353. The molecule has 0 bridgehead atoms. The zero-order valence-electron chi connectivity index (χ0n) is 12.7. The van der Waals surface area contributed by atoms with Crippen LogP contribution in [0.5, 0.6) is 0 Å². The van der Waals surface area contributed by atoms with Crippen LogP contribution in [-0.2, 0) is 7.05 Å². The Morgan fingerprint density at radius 2 is 2.14 bits per heavy atom. The summed E-state index contributed by atoms with van der Waals surface area (Å²) in [6.07, 6.45) is 1.68. The predicted molar refractivity (Wildman–Crippen MR) is 81.0 cm³/mol. The van der Waals surface area contributed by atoms with E-state index in [1.807, 2.05) is 26.2 Å². The summed E-state index contributed by atoms with van der Waals surface area (Å²) < 4.78 is 15.3. The van der Waals surface area contributed by atoms with Gasteiger partial charge in [0.1, 0.15) is 11.5 Å². The highest BCUT2D eigenvalue weighted by Gasteiger charge is 2.37. The normalized spacial score (nSPS) is 21.4. The van der Waals surface area contributed by atoms with Crippen molar-refractivity contribution < 1.29 is 14.3 Å². The molecule has 22 heavy (non-hydrogen) atoms. The van der Waals surface area contributed by atoms with E-state index in [0.717, 1.165) is 11.1 Å². The van der Waals surface area contributed by atoms with Gasteiger partial charge in [0.25, 0.3) is 5.91 Å². The SMILES string of the molecule is Cc1ccn(C)c1C(=O)N1C[C@@H](O)C[C@@H]1c1cccc(F)c1. The minimum Gasteiger partial charge on any atom is -0.391 e. The maximum atomic E-state index is 13.5. The molecule has 2 atom stereocenters. The van der Waals surface area contributed by atoms with E-state index in [-0.39, 0.29) is 24.3 Å². The van der Waals surface area contributed by atoms with Crippen LogP contribution in [0.3, 0.4) is 0 Å². The van der Waals surface area contributed by atoms with Crippen molar-refractivity contribution >= 4 is 5.91 Å². The van der Waals surface area contributed by atoms with Gasteiger partial charge in [-0.3, -0.25) is 4.79 Å². The van der Waals surface area contributed by atoms with E-state index in [2.05, 4.69) is 0 Å². The van der Waals surface area contributed by atoms with Gasteiger partial charge in [-0.2, -0.15) is 0 Å². The molecule has 1 saturated heterocycles. The Hall–Kier alpha value is -2.14. The summed E-state index contributed by atoms with van der Waals surface area (Å²) >= 11 is 0. The average molecular weight is 302 g/mol. The van der Waals surface area contributed by atoms with Crippen LogP contribution in [0.25, 0.3) is 0 Å². The summed E-state index contributed by atoms with van der Waals surface area (Å²) in [6, 6.07) is 7.82. The second-order valence-corrected chi connectivity index (χ2v) is 5.88. The largest absolute Gasteiger partial charge is 0.391 e. The number of hydrogen-bond donors (Lipinski definition) is 1. The second-order valence-electron chi connectivity index (χ2n) is 5.88. The van der Waals surface area contributed by atoms with Crippen LogP contribution in [0.1, 0.15) is 34.1 Å². The number of hydrogen-bond acceptors (Lipinski definition) is 2. The number of aliphatic hydroxyl groups is 1. The quantitative estimate of drug-likeness (QED) is 0.926.